The summed E-state index contributed by atoms with van der Waals surface area (Å²) < 4.78 is 0. The highest BCUT2D eigenvalue weighted by Gasteiger charge is 2.22. The molecule has 0 aromatic carbocycles. The quantitative estimate of drug-likeness (QED) is 0.724. The van der Waals surface area contributed by atoms with Gasteiger partial charge in [-0.05, 0) is 51.2 Å². The maximum Gasteiger partial charge on any atom is 0.0525 e. The number of nitrogens with one attached hydrogen (secondary N) is 2. The zero-order chi connectivity index (χ0) is 12.9. The molecule has 0 saturated heterocycles. The van der Waals surface area contributed by atoms with Gasteiger partial charge in [-0.3, -0.25) is 0 Å². The zero-order valence-corrected chi connectivity index (χ0v) is 11.4. The van der Waals surface area contributed by atoms with E-state index in [9.17, 15) is 0 Å². The summed E-state index contributed by atoms with van der Waals surface area (Å²) in [5.41, 5.74) is 0.288. The van der Waals surface area contributed by atoms with Gasteiger partial charge in [0.25, 0.3) is 0 Å². The Bertz CT molecular complexity index is 354. The lowest BCUT2D eigenvalue weighted by molar-refractivity contribution is 0.392. The first kappa shape index (κ1) is 13.0. The first-order chi connectivity index (χ1) is 8.62. The molecule has 0 saturated carbocycles. The smallest absolute Gasteiger partial charge is 0.0525 e. The van der Waals surface area contributed by atoms with Gasteiger partial charge in [-0.15, -0.1) is 0 Å². The van der Waals surface area contributed by atoms with E-state index in [-0.39, 0.29) is 11.1 Å². The third kappa shape index (κ3) is 3.52. The lowest BCUT2D eigenvalue weighted by Crippen LogP contribution is -2.39. The second kappa shape index (κ2) is 5.47. The molecule has 2 aliphatic rings. The number of dihydropyridines is 2. The molecule has 2 heterocycles. The third-order valence-electron chi connectivity index (χ3n) is 3.81. The minimum atomic E-state index is 0.144. The van der Waals surface area contributed by atoms with Crippen LogP contribution in [0.1, 0.15) is 39.5 Å². The van der Waals surface area contributed by atoms with Gasteiger partial charge in [0.1, 0.15) is 0 Å². The molecular weight excluding hydrogens is 220 g/mol. The van der Waals surface area contributed by atoms with E-state index >= 15 is 0 Å². The van der Waals surface area contributed by atoms with Crippen LogP contribution in [0.2, 0.25) is 0 Å². The molecule has 0 amide bonds. The molecule has 18 heavy (non-hydrogen) atoms. The lowest BCUT2D eigenvalue weighted by atomic mass is 9.88. The van der Waals surface area contributed by atoms with E-state index in [1.807, 2.05) is 24.6 Å². The van der Waals surface area contributed by atoms with Crippen molar-refractivity contribution in [3.8, 4) is 0 Å². The number of hydrogen-bond donors (Lipinski definition) is 2. The summed E-state index contributed by atoms with van der Waals surface area (Å²) in [4.78, 5) is 0. The SMILES string of the molecule is CC1(CCCCC2(C)C=CC=CN2)C=CC=CN1. The summed E-state index contributed by atoms with van der Waals surface area (Å²) >= 11 is 0. The van der Waals surface area contributed by atoms with Crippen LogP contribution in [-0.4, -0.2) is 11.1 Å². The van der Waals surface area contributed by atoms with Crippen LogP contribution in [0.3, 0.4) is 0 Å². The molecule has 0 fully saturated rings. The predicted octanol–water partition coefficient (Wildman–Crippen LogP) is 3.41. The summed E-state index contributed by atoms with van der Waals surface area (Å²) in [6, 6.07) is 0. The molecule has 0 aliphatic carbocycles. The van der Waals surface area contributed by atoms with Crippen molar-refractivity contribution in [1.82, 2.24) is 10.6 Å². The highest BCUT2D eigenvalue weighted by molar-refractivity contribution is 5.19. The summed E-state index contributed by atoms with van der Waals surface area (Å²) in [5, 5.41) is 6.87. The molecule has 2 unspecified atom stereocenters. The van der Waals surface area contributed by atoms with Crippen molar-refractivity contribution in [2.75, 3.05) is 0 Å². The van der Waals surface area contributed by atoms with Crippen LogP contribution in [0.15, 0.2) is 48.9 Å². The summed E-state index contributed by atoms with van der Waals surface area (Å²) in [7, 11) is 0. The Hall–Kier alpha value is -1.44. The third-order valence-corrected chi connectivity index (χ3v) is 3.81. The summed E-state index contributed by atoms with van der Waals surface area (Å²) in [6.07, 6.45) is 21.8. The highest BCUT2D eigenvalue weighted by Crippen LogP contribution is 2.22. The molecule has 0 bridgehead atoms. The molecule has 2 atom stereocenters. The van der Waals surface area contributed by atoms with Crippen LogP contribution < -0.4 is 10.6 Å². The number of unbranched alkanes of at least 4 members (excludes halogenated alkanes) is 1. The summed E-state index contributed by atoms with van der Waals surface area (Å²) in [6.45, 7) is 4.52. The van der Waals surface area contributed by atoms with Crippen molar-refractivity contribution in [2.45, 2.75) is 50.6 Å². The van der Waals surface area contributed by atoms with Crippen molar-refractivity contribution in [2.24, 2.45) is 0 Å². The molecule has 0 spiro atoms. The van der Waals surface area contributed by atoms with Gasteiger partial charge in [0.2, 0.25) is 0 Å². The van der Waals surface area contributed by atoms with Crippen LogP contribution >= 0.6 is 0 Å². The Morgan fingerprint density at radius 1 is 0.722 bits per heavy atom. The maximum absolute atomic E-state index is 3.44. The van der Waals surface area contributed by atoms with E-state index in [1.165, 1.54) is 25.7 Å². The molecule has 0 radical (unpaired) electrons. The van der Waals surface area contributed by atoms with E-state index in [1.54, 1.807) is 0 Å². The number of hydrogen-bond acceptors (Lipinski definition) is 2. The second-order valence-electron chi connectivity index (χ2n) is 5.77. The average Bonchev–Trinajstić information content (AvgIpc) is 2.37. The normalized spacial score (nSPS) is 33.2. The molecule has 98 valence electrons. The summed E-state index contributed by atoms with van der Waals surface area (Å²) in [5.74, 6) is 0. The molecule has 0 aromatic heterocycles. The van der Waals surface area contributed by atoms with Gasteiger partial charge in [-0.1, -0.05) is 37.1 Å². The van der Waals surface area contributed by atoms with Gasteiger partial charge < -0.3 is 10.6 Å². The minimum absolute atomic E-state index is 0.144. The van der Waals surface area contributed by atoms with Crippen LogP contribution in [0, 0.1) is 0 Å². The van der Waals surface area contributed by atoms with Crippen molar-refractivity contribution in [3.05, 3.63) is 48.9 Å². The largest absolute Gasteiger partial charge is 0.382 e. The predicted molar refractivity (Wildman–Crippen MR) is 78.1 cm³/mol. The molecule has 2 aliphatic heterocycles. The van der Waals surface area contributed by atoms with Gasteiger partial charge >= 0.3 is 0 Å². The monoisotopic (exact) mass is 244 g/mol. The van der Waals surface area contributed by atoms with E-state index in [0.717, 1.165) is 0 Å². The van der Waals surface area contributed by atoms with E-state index in [4.69, 9.17) is 0 Å². The van der Waals surface area contributed by atoms with Crippen molar-refractivity contribution < 1.29 is 0 Å². The molecule has 2 heteroatoms. The first-order valence-corrected chi connectivity index (χ1v) is 6.86. The fourth-order valence-corrected chi connectivity index (χ4v) is 2.52. The van der Waals surface area contributed by atoms with Gasteiger partial charge in [0.05, 0.1) is 11.1 Å². The Morgan fingerprint density at radius 2 is 1.17 bits per heavy atom. The Labute approximate surface area is 111 Å². The van der Waals surface area contributed by atoms with Crippen LogP contribution in [0.25, 0.3) is 0 Å². The van der Waals surface area contributed by atoms with E-state index < -0.39 is 0 Å². The van der Waals surface area contributed by atoms with Crippen molar-refractivity contribution in [3.63, 3.8) is 0 Å². The molecule has 2 rings (SSSR count). The van der Waals surface area contributed by atoms with Crippen molar-refractivity contribution >= 4 is 0 Å². The molecule has 2 N–H and O–H groups in total. The van der Waals surface area contributed by atoms with E-state index in [0.29, 0.717) is 0 Å². The Kier molecular flexibility index (Phi) is 3.95. The average molecular weight is 244 g/mol. The maximum atomic E-state index is 3.44. The molecule has 2 nitrogen and oxygen atoms in total. The van der Waals surface area contributed by atoms with Gasteiger partial charge in [0.15, 0.2) is 0 Å². The Morgan fingerprint density at radius 3 is 1.50 bits per heavy atom. The second-order valence-corrected chi connectivity index (χ2v) is 5.77. The van der Waals surface area contributed by atoms with Crippen molar-refractivity contribution in [1.29, 1.82) is 0 Å². The van der Waals surface area contributed by atoms with Crippen LogP contribution in [0.4, 0.5) is 0 Å². The zero-order valence-electron chi connectivity index (χ0n) is 11.4. The minimum Gasteiger partial charge on any atom is -0.382 e. The van der Waals surface area contributed by atoms with Gasteiger partial charge in [-0.2, -0.15) is 0 Å². The van der Waals surface area contributed by atoms with Gasteiger partial charge in [0, 0.05) is 0 Å². The molecule has 0 aromatic rings. The fraction of sp³-hybridized carbons (Fsp3) is 0.500. The Balaban J connectivity index is 1.70. The number of rotatable bonds is 5. The standard InChI is InChI=1S/C16H24N2/c1-15(11-5-7-13-17-15)9-3-4-10-16(2)12-6-8-14-18-16/h5-8,11-14,17-18H,3-4,9-10H2,1-2H3. The first-order valence-electron chi connectivity index (χ1n) is 6.86. The lowest BCUT2D eigenvalue weighted by Gasteiger charge is -2.31. The van der Waals surface area contributed by atoms with E-state index in [2.05, 4.69) is 48.8 Å². The molecular formula is C16H24N2. The number of allylic oxidation sites excluding steroid dienone is 4. The van der Waals surface area contributed by atoms with Crippen LogP contribution in [-0.2, 0) is 0 Å². The highest BCUT2D eigenvalue weighted by atomic mass is 14.9. The van der Waals surface area contributed by atoms with Crippen LogP contribution in [0.5, 0.6) is 0 Å². The topological polar surface area (TPSA) is 24.1 Å². The fourth-order valence-electron chi connectivity index (χ4n) is 2.52. The van der Waals surface area contributed by atoms with Gasteiger partial charge in [-0.25, -0.2) is 0 Å².